The fraction of sp³-hybridized carbons (Fsp3) is 0.212. The maximum atomic E-state index is 13.5. The average molecular weight is 624 g/mol. The summed E-state index contributed by atoms with van der Waals surface area (Å²) in [5.41, 5.74) is 6.18. The van der Waals surface area contributed by atoms with Crippen LogP contribution in [-0.2, 0) is 27.2 Å². The number of rotatable bonds is 15. The van der Waals surface area contributed by atoms with E-state index >= 15 is 0 Å². The SMILES string of the molecule is CSCCC(NC(=O)c1ccc(CN(Cc2ccccc2)c2ccc(SOON)cc2)cc1-c1ccccc1C)C(=O)[O-].[Li+]. The Hall–Kier alpha value is -3.20. The number of aryl methyl sites for hydroxylation is 1. The summed E-state index contributed by atoms with van der Waals surface area (Å²) in [7, 11) is 0. The van der Waals surface area contributed by atoms with Crippen LogP contribution in [0.5, 0.6) is 0 Å². The number of nitrogens with two attached hydrogens (primary N) is 1. The van der Waals surface area contributed by atoms with Gasteiger partial charge < -0.3 is 20.1 Å². The molecule has 0 aliphatic carbocycles. The van der Waals surface area contributed by atoms with Crippen molar-refractivity contribution in [2.45, 2.75) is 37.4 Å². The molecule has 0 fully saturated rings. The summed E-state index contributed by atoms with van der Waals surface area (Å²) in [6.45, 7) is 3.20. The van der Waals surface area contributed by atoms with Gasteiger partial charge in [-0.1, -0.05) is 60.7 Å². The molecule has 0 heterocycles. The maximum absolute atomic E-state index is 13.5. The first kappa shape index (κ1) is 35.3. The standard InChI is InChI=1S/C33H35N3O5S2.Li/c1-23-8-6-7-11-28(23)30-20-25(12-17-29(30)32(37)35-31(33(38)39)18-19-42-2)22-36(21-24-9-4-3-5-10-24)26-13-15-27(16-14-26)43-41-40-34;/h3-17,20,31H,18-19,21-22,34H2,1-2H3,(H,35,37)(H,38,39);/q;+1/p-1. The second-order valence-electron chi connectivity index (χ2n) is 9.90. The monoisotopic (exact) mass is 623 g/mol. The van der Waals surface area contributed by atoms with Crippen molar-refractivity contribution >= 4 is 41.4 Å². The van der Waals surface area contributed by atoms with E-state index in [2.05, 4.69) is 27.3 Å². The molecule has 3 N–H and O–H groups in total. The Labute approximate surface area is 279 Å². The topological polar surface area (TPSA) is 117 Å². The van der Waals surface area contributed by atoms with E-state index in [0.29, 0.717) is 24.4 Å². The third-order valence-electron chi connectivity index (χ3n) is 6.93. The molecule has 1 amide bonds. The van der Waals surface area contributed by atoms with Crippen molar-refractivity contribution in [3.8, 4) is 11.1 Å². The molecule has 0 radical (unpaired) electrons. The molecule has 0 saturated carbocycles. The fourth-order valence-electron chi connectivity index (χ4n) is 4.74. The number of carbonyl (C=O) groups excluding carboxylic acids is 2. The number of carboxylic acids is 1. The molecule has 1 atom stereocenters. The van der Waals surface area contributed by atoms with Gasteiger partial charge in [0.15, 0.2) is 0 Å². The molecule has 0 aromatic heterocycles. The molecule has 11 heteroatoms. The van der Waals surface area contributed by atoms with Crippen LogP contribution >= 0.6 is 23.8 Å². The Morgan fingerprint density at radius 1 is 0.909 bits per heavy atom. The molecule has 0 saturated heterocycles. The van der Waals surface area contributed by atoms with E-state index in [4.69, 9.17) is 10.2 Å². The molecule has 1 unspecified atom stereocenters. The largest absolute Gasteiger partial charge is 1.00 e. The van der Waals surface area contributed by atoms with Crippen molar-refractivity contribution in [2.24, 2.45) is 5.90 Å². The molecular weight excluding hydrogens is 589 g/mol. The van der Waals surface area contributed by atoms with Gasteiger partial charge in [0.2, 0.25) is 0 Å². The van der Waals surface area contributed by atoms with Crippen molar-refractivity contribution in [1.82, 2.24) is 5.32 Å². The summed E-state index contributed by atoms with van der Waals surface area (Å²) >= 11 is 2.54. The summed E-state index contributed by atoms with van der Waals surface area (Å²) < 4.78 is 4.77. The Bertz CT molecular complexity index is 1510. The third-order valence-corrected chi connectivity index (χ3v) is 8.18. The number of nitrogens with one attached hydrogen (secondary N) is 1. The van der Waals surface area contributed by atoms with E-state index in [9.17, 15) is 14.7 Å². The molecule has 0 spiro atoms. The van der Waals surface area contributed by atoms with Crippen LogP contribution < -0.4 is 40.1 Å². The summed E-state index contributed by atoms with van der Waals surface area (Å²) in [6.07, 6.45) is 2.17. The second kappa shape index (κ2) is 17.9. The minimum Gasteiger partial charge on any atom is -0.548 e. The van der Waals surface area contributed by atoms with Crippen LogP contribution in [-0.4, -0.2) is 29.9 Å². The Morgan fingerprint density at radius 3 is 2.25 bits per heavy atom. The van der Waals surface area contributed by atoms with Gasteiger partial charge in [-0.2, -0.15) is 17.7 Å². The second-order valence-corrected chi connectivity index (χ2v) is 11.7. The van der Waals surface area contributed by atoms with E-state index in [1.807, 2.05) is 92.0 Å². The van der Waals surface area contributed by atoms with E-state index in [1.165, 1.54) is 11.8 Å². The van der Waals surface area contributed by atoms with Gasteiger partial charge in [-0.3, -0.25) is 4.79 Å². The van der Waals surface area contributed by atoms with Gasteiger partial charge in [0.25, 0.3) is 5.91 Å². The van der Waals surface area contributed by atoms with Crippen LogP contribution in [0.25, 0.3) is 11.1 Å². The maximum Gasteiger partial charge on any atom is 1.00 e. The van der Waals surface area contributed by atoms with Gasteiger partial charge >= 0.3 is 18.9 Å². The number of carboxylic acid groups (broad SMARTS) is 1. The average Bonchev–Trinajstić information content (AvgIpc) is 3.02. The first-order chi connectivity index (χ1) is 20.9. The molecule has 4 aromatic rings. The number of benzene rings is 4. The zero-order valence-corrected chi connectivity index (χ0v) is 26.7. The number of anilines is 1. The van der Waals surface area contributed by atoms with Crippen LogP contribution in [0, 0.1) is 6.92 Å². The van der Waals surface area contributed by atoms with Crippen LogP contribution in [0.15, 0.2) is 102 Å². The van der Waals surface area contributed by atoms with Gasteiger partial charge in [-0.25, -0.2) is 0 Å². The number of carbonyl (C=O) groups is 2. The summed E-state index contributed by atoms with van der Waals surface area (Å²) in [5, 5.41) is 14.4. The normalized spacial score (nSPS) is 11.3. The number of amides is 1. The molecule has 4 rings (SSSR count). The summed E-state index contributed by atoms with van der Waals surface area (Å²) in [5.74, 6) is 3.82. The number of thioether (sulfide) groups is 1. The van der Waals surface area contributed by atoms with E-state index in [-0.39, 0.29) is 25.3 Å². The first-order valence-electron chi connectivity index (χ1n) is 13.7. The molecule has 0 aliphatic rings. The van der Waals surface area contributed by atoms with E-state index < -0.39 is 17.9 Å². The van der Waals surface area contributed by atoms with Crippen molar-refractivity contribution in [2.75, 3.05) is 16.9 Å². The van der Waals surface area contributed by atoms with Gasteiger partial charge in [0.05, 0.1) is 24.1 Å². The minimum absolute atomic E-state index is 0. The molecule has 0 bridgehead atoms. The van der Waals surface area contributed by atoms with Gasteiger partial charge in [0.1, 0.15) is 0 Å². The smallest absolute Gasteiger partial charge is 0.548 e. The van der Waals surface area contributed by atoms with Crippen molar-refractivity contribution < 1.29 is 42.9 Å². The van der Waals surface area contributed by atoms with Crippen LogP contribution in [0.4, 0.5) is 5.69 Å². The zero-order valence-electron chi connectivity index (χ0n) is 25.0. The van der Waals surface area contributed by atoms with Crippen LogP contribution in [0.1, 0.15) is 33.5 Å². The Balaban J connectivity index is 0.00000529. The summed E-state index contributed by atoms with van der Waals surface area (Å²) in [4.78, 5) is 32.5. The van der Waals surface area contributed by atoms with Gasteiger partial charge in [-0.05, 0) is 89.6 Å². The number of hydrogen-bond acceptors (Lipinski definition) is 9. The number of aliphatic carboxylic acids is 1. The predicted octanol–water partition coefficient (Wildman–Crippen LogP) is 2.30. The minimum atomic E-state index is -1.29. The van der Waals surface area contributed by atoms with Gasteiger partial charge in [0, 0.05) is 29.2 Å². The summed E-state index contributed by atoms with van der Waals surface area (Å²) in [6, 6.07) is 30.5. The quantitative estimate of drug-likeness (QED) is 0.0891. The molecule has 0 aliphatic heterocycles. The zero-order chi connectivity index (χ0) is 30.6. The fourth-order valence-corrected chi connectivity index (χ4v) is 5.58. The Kier molecular flexibility index (Phi) is 14.4. The molecule has 44 heavy (non-hydrogen) atoms. The first-order valence-corrected chi connectivity index (χ1v) is 15.8. The van der Waals surface area contributed by atoms with Crippen molar-refractivity contribution in [3.63, 3.8) is 0 Å². The van der Waals surface area contributed by atoms with Crippen LogP contribution in [0.3, 0.4) is 0 Å². The Morgan fingerprint density at radius 2 is 1.59 bits per heavy atom. The predicted molar refractivity (Wildman–Crippen MR) is 171 cm³/mol. The number of hydrogen-bond donors (Lipinski definition) is 2. The van der Waals surface area contributed by atoms with Crippen molar-refractivity contribution in [1.29, 1.82) is 0 Å². The molecule has 224 valence electrons. The molecular formula is C33H34LiN3O5S2. The van der Waals surface area contributed by atoms with E-state index in [0.717, 1.165) is 50.4 Å². The number of nitrogens with zero attached hydrogens (tertiary/aromatic N) is 1. The third kappa shape index (κ3) is 9.91. The van der Waals surface area contributed by atoms with E-state index in [1.54, 1.807) is 6.07 Å². The van der Waals surface area contributed by atoms with Crippen LogP contribution in [0.2, 0.25) is 0 Å². The van der Waals surface area contributed by atoms with Crippen molar-refractivity contribution in [3.05, 3.63) is 119 Å². The molecule has 4 aromatic carbocycles. The van der Waals surface area contributed by atoms with Gasteiger partial charge in [-0.15, -0.1) is 9.32 Å². The molecule has 8 nitrogen and oxygen atoms in total.